The van der Waals surface area contributed by atoms with E-state index in [-0.39, 0.29) is 5.95 Å². The number of nitrogen functional groups attached to an aromatic ring is 1. The standard InChI is InChI=1S/C7H8ClN5/c1-2-13-3-10-6-4(13)5(8)11-7(9)12-6/h3H,2H2,1H3,(H2,9,11,12). The lowest BCUT2D eigenvalue weighted by molar-refractivity contribution is 0.786. The molecule has 0 aliphatic carbocycles. The Kier molecular flexibility index (Phi) is 1.81. The van der Waals surface area contributed by atoms with E-state index in [1.54, 1.807) is 6.33 Å². The molecule has 0 unspecified atom stereocenters. The Morgan fingerprint density at radius 3 is 3.00 bits per heavy atom. The van der Waals surface area contributed by atoms with E-state index in [2.05, 4.69) is 15.0 Å². The van der Waals surface area contributed by atoms with Gasteiger partial charge in [-0.05, 0) is 6.92 Å². The zero-order valence-corrected chi connectivity index (χ0v) is 7.78. The van der Waals surface area contributed by atoms with Crippen molar-refractivity contribution >= 4 is 28.7 Å². The van der Waals surface area contributed by atoms with E-state index in [9.17, 15) is 0 Å². The molecule has 0 spiro atoms. The maximum Gasteiger partial charge on any atom is 0.223 e. The highest BCUT2D eigenvalue weighted by Gasteiger charge is 2.09. The van der Waals surface area contributed by atoms with Gasteiger partial charge in [0.25, 0.3) is 0 Å². The normalized spacial score (nSPS) is 10.9. The fourth-order valence-electron chi connectivity index (χ4n) is 1.19. The maximum atomic E-state index is 5.90. The van der Waals surface area contributed by atoms with Crippen molar-refractivity contribution in [2.45, 2.75) is 13.5 Å². The van der Waals surface area contributed by atoms with Crippen LogP contribution in [0.2, 0.25) is 5.15 Å². The molecule has 6 heteroatoms. The zero-order valence-electron chi connectivity index (χ0n) is 7.03. The number of imidazole rings is 1. The summed E-state index contributed by atoms with van der Waals surface area (Å²) in [6, 6.07) is 0. The van der Waals surface area contributed by atoms with Gasteiger partial charge in [0.05, 0.1) is 6.33 Å². The van der Waals surface area contributed by atoms with Gasteiger partial charge in [-0.2, -0.15) is 9.97 Å². The van der Waals surface area contributed by atoms with Crippen LogP contribution in [0, 0.1) is 0 Å². The van der Waals surface area contributed by atoms with E-state index >= 15 is 0 Å². The van der Waals surface area contributed by atoms with Crippen LogP contribution >= 0.6 is 11.6 Å². The van der Waals surface area contributed by atoms with Crippen molar-refractivity contribution in [3.8, 4) is 0 Å². The molecule has 13 heavy (non-hydrogen) atoms. The SMILES string of the molecule is CCn1cnc2nc(N)nc(Cl)c21. The minimum Gasteiger partial charge on any atom is -0.368 e. The van der Waals surface area contributed by atoms with Gasteiger partial charge in [0.15, 0.2) is 10.8 Å². The molecule has 2 aromatic heterocycles. The number of nitrogens with two attached hydrogens (primary N) is 1. The van der Waals surface area contributed by atoms with Crippen molar-refractivity contribution in [1.82, 2.24) is 19.5 Å². The van der Waals surface area contributed by atoms with Gasteiger partial charge in [0.2, 0.25) is 5.95 Å². The molecule has 5 nitrogen and oxygen atoms in total. The van der Waals surface area contributed by atoms with Crippen molar-refractivity contribution < 1.29 is 0 Å². The van der Waals surface area contributed by atoms with E-state index in [0.717, 1.165) is 12.1 Å². The zero-order chi connectivity index (χ0) is 9.42. The number of fused-ring (bicyclic) bond motifs is 1. The Morgan fingerprint density at radius 1 is 1.54 bits per heavy atom. The molecule has 2 N–H and O–H groups in total. The van der Waals surface area contributed by atoms with E-state index in [1.165, 1.54) is 0 Å². The molecule has 0 aliphatic heterocycles. The molecular formula is C7H8ClN5. The van der Waals surface area contributed by atoms with Gasteiger partial charge >= 0.3 is 0 Å². The van der Waals surface area contributed by atoms with Gasteiger partial charge < -0.3 is 10.3 Å². The summed E-state index contributed by atoms with van der Waals surface area (Å²) in [6.07, 6.45) is 1.67. The average Bonchev–Trinajstić information content (AvgIpc) is 2.47. The van der Waals surface area contributed by atoms with Gasteiger partial charge in [0.1, 0.15) is 5.52 Å². The summed E-state index contributed by atoms with van der Waals surface area (Å²) >= 11 is 5.90. The van der Waals surface area contributed by atoms with Crippen LogP contribution in [0.3, 0.4) is 0 Å². The summed E-state index contributed by atoms with van der Waals surface area (Å²) < 4.78 is 1.87. The highest BCUT2D eigenvalue weighted by atomic mass is 35.5. The first-order valence-electron chi connectivity index (χ1n) is 3.86. The smallest absolute Gasteiger partial charge is 0.223 e. The Labute approximate surface area is 79.6 Å². The molecule has 0 atom stereocenters. The number of rotatable bonds is 1. The molecule has 0 fully saturated rings. The number of aryl methyl sites for hydroxylation is 1. The Morgan fingerprint density at radius 2 is 2.31 bits per heavy atom. The minimum atomic E-state index is 0.152. The van der Waals surface area contributed by atoms with Crippen molar-refractivity contribution in [2.24, 2.45) is 0 Å². The third kappa shape index (κ3) is 1.21. The van der Waals surface area contributed by atoms with Crippen LogP contribution < -0.4 is 5.73 Å². The van der Waals surface area contributed by atoms with Crippen molar-refractivity contribution in [3.05, 3.63) is 11.5 Å². The molecule has 0 amide bonds. The summed E-state index contributed by atoms with van der Waals surface area (Å²) in [5.74, 6) is 0.152. The van der Waals surface area contributed by atoms with Crippen LogP contribution in [0.4, 0.5) is 5.95 Å². The van der Waals surface area contributed by atoms with Gasteiger partial charge in [-0.3, -0.25) is 0 Å². The quantitative estimate of drug-likeness (QED) is 0.695. The molecule has 0 aliphatic rings. The predicted molar refractivity (Wildman–Crippen MR) is 50.4 cm³/mol. The molecule has 0 radical (unpaired) electrons. The lowest BCUT2D eigenvalue weighted by Crippen LogP contribution is -1.98. The summed E-state index contributed by atoms with van der Waals surface area (Å²) in [5, 5.41) is 0.349. The van der Waals surface area contributed by atoms with Crippen molar-refractivity contribution in [2.75, 3.05) is 5.73 Å². The van der Waals surface area contributed by atoms with E-state index < -0.39 is 0 Å². The van der Waals surface area contributed by atoms with E-state index in [1.807, 2.05) is 11.5 Å². The second-order valence-electron chi connectivity index (χ2n) is 2.58. The molecule has 0 bridgehead atoms. The predicted octanol–water partition coefficient (Wildman–Crippen LogP) is 1.08. The van der Waals surface area contributed by atoms with Crippen LogP contribution in [-0.2, 0) is 6.54 Å². The highest BCUT2D eigenvalue weighted by molar-refractivity contribution is 6.33. The number of aromatic nitrogens is 4. The third-order valence-electron chi connectivity index (χ3n) is 1.79. The van der Waals surface area contributed by atoms with Crippen LogP contribution in [0.15, 0.2) is 6.33 Å². The Balaban J connectivity index is 2.82. The molecule has 2 aromatic rings. The number of hydrogen-bond acceptors (Lipinski definition) is 4. The van der Waals surface area contributed by atoms with Gasteiger partial charge in [-0.1, -0.05) is 11.6 Å². The second kappa shape index (κ2) is 2.85. The fraction of sp³-hybridized carbons (Fsp3) is 0.286. The van der Waals surface area contributed by atoms with Crippen molar-refractivity contribution in [3.63, 3.8) is 0 Å². The van der Waals surface area contributed by atoms with Crippen LogP contribution in [0.25, 0.3) is 11.2 Å². The molecule has 0 saturated carbocycles. The molecule has 2 heterocycles. The van der Waals surface area contributed by atoms with Gasteiger partial charge in [-0.25, -0.2) is 4.98 Å². The fourth-order valence-corrected chi connectivity index (χ4v) is 1.47. The summed E-state index contributed by atoms with van der Waals surface area (Å²) in [4.78, 5) is 11.9. The lowest BCUT2D eigenvalue weighted by atomic mass is 10.5. The van der Waals surface area contributed by atoms with Crippen molar-refractivity contribution in [1.29, 1.82) is 0 Å². The van der Waals surface area contributed by atoms with E-state index in [0.29, 0.717) is 10.8 Å². The summed E-state index contributed by atoms with van der Waals surface area (Å²) in [7, 11) is 0. The lowest BCUT2D eigenvalue weighted by Gasteiger charge is -1.99. The maximum absolute atomic E-state index is 5.90. The largest absolute Gasteiger partial charge is 0.368 e. The Hall–Kier alpha value is -1.36. The third-order valence-corrected chi connectivity index (χ3v) is 2.05. The number of halogens is 1. The summed E-state index contributed by atoms with van der Waals surface area (Å²) in [6.45, 7) is 2.78. The number of hydrogen-bond donors (Lipinski definition) is 1. The Bertz CT molecular complexity index is 449. The van der Waals surface area contributed by atoms with E-state index in [4.69, 9.17) is 17.3 Å². The van der Waals surface area contributed by atoms with Crippen LogP contribution in [0.5, 0.6) is 0 Å². The molecule has 2 rings (SSSR count). The monoisotopic (exact) mass is 197 g/mol. The molecule has 0 saturated heterocycles. The highest BCUT2D eigenvalue weighted by Crippen LogP contribution is 2.19. The first-order chi connectivity index (χ1) is 6.22. The van der Waals surface area contributed by atoms with Gasteiger partial charge in [-0.15, -0.1) is 0 Å². The summed E-state index contributed by atoms with van der Waals surface area (Å²) in [5.41, 5.74) is 6.70. The topological polar surface area (TPSA) is 69.6 Å². The first-order valence-corrected chi connectivity index (χ1v) is 4.24. The number of nitrogens with zero attached hydrogens (tertiary/aromatic N) is 4. The van der Waals surface area contributed by atoms with Crippen LogP contribution in [-0.4, -0.2) is 19.5 Å². The van der Waals surface area contributed by atoms with Gasteiger partial charge in [0, 0.05) is 6.54 Å². The number of anilines is 1. The molecule has 0 aromatic carbocycles. The molecule has 68 valence electrons. The van der Waals surface area contributed by atoms with Crippen LogP contribution in [0.1, 0.15) is 6.92 Å². The first kappa shape index (κ1) is 8.25. The average molecular weight is 198 g/mol. The minimum absolute atomic E-state index is 0.152. The second-order valence-corrected chi connectivity index (χ2v) is 2.93. The molecular weight excluding hydrogens is 190 g/mol.